The molecule has 3 nitrogen and oxygen atoms in total. The Morgan fingerprint density at radius 2 is 1.50 bits per heavy atom. The normalized spacial score (nSPS) is 10.3. The molecule has 2 rings (SSSR count). The molecule has 2 N–H and O–H groups in total. The number of rotatable bonds is 5. The lowest BCUT2D eigenvalue weighted by molar-refractivity contribution is 0.215. The van der Waals surface area contributed by atoms with Gasteiger partial charge in [-0.25, -0.2) is 0 Å². The SMILES string of the molecule is Cc1ccc(N)cc1OCCOc1c(C)cccc1C. The highest BCUT2D eigenvalue weighted by Crippen LogP contribution is 2.23. The third-order valence-electron chi connectivity index (χ3n) is 3.21. The molecule has 0 aliphatic heterocycles. The van der Waals surface area contributed by atoms with Crippen molar-refractivity contribution >= 4 is 5.69 Å². The molecule has 2 aromatic rings. The lowest BCUT2D eigenvalue weighted by Gasteiger charge is -2.13. The molecular formula is C17H21NO2. The molecule has 0 aliphatic carbocycles. The Kier molecular flexibility index (Phi) is 4.51. The van der Waals surface area contributed by atoms with Crippen LogP contribution in [0.1, 0.15) is 16.7 Å². The van der Waals surface area contributed by atoms with Crippen molar-refractivity contribution in [2.75, 3.05) is 18.9 Å². The fourth-order valence-corrected chi connectivity index (χ4v) is 2.09. The average molecular weight is 271 g/mol. The molecule has 0 spiro atoms. The van der Waals surface area contributed by atoms with E-state index < -0.39 is 0 Å². The second-order valence-electron chi connectivity index (χ2n) is 4.94. The molecule has 0 aliphatic rings. The topological polar surface area (TPSA) is 44.5 Å². The molecule has 0 saturated heterocycles. The number of para-hydroxylation sites is 1. The minimum atomic E-state index is 0.498. The monoisotopic (exact) mass is 271 g/mol. The quantitative estimate of drug-likeness (QED) is 0.667. The van der Waals surface area contributed by atoms with Crippen LogP contribution in [0, 0.1) is 20.8 Å². The van der Waals surface area contributed by atoms with Gasteiger partial charge in [0.1, 0.15) is 24.7 Å². The molecule has 0 fully saturated rings. The first-order chi connectivity index (χ1) is 9.58. The van der Waals surface area contributed by atoms with Crippen LogP contribution in [0.2, 0.25) is 0 Å². The Hall–Kier alpha value is -2.16. The van der Waals surface area contributed by atoms with E-state index in [1.807, 2.05) is 57.2 Å². The Morgan fingerprint density at radius 1 is 0.850 bits per heavy atom. The molecular weight excluding hydrogens is 250 g/mol. The minimum absolute atomic E-state index is 0.498. The highest BCUT2D eigenvalue weighted by atomic mass is 16.5. The summed E-state index contributed by atoms with van der Waals surface area (Å²) in [7, 11) is 0. The van der Waals surface area contributed by atoms with Crippen LogP contribution in [0.15, 0.2) is 36.4 Å². The van der Waals surface area contributed by atoms with E-state index >= 15 is 0 Å². The molecule has 0 heterocycles. The maximum Gasteiger partial charge on any atom is 0.125 e. The summed E-state index contributed by atoms with van der Waals surface area (Å²) in [4.78, 5) is 0. The zero-order valence-electron chi connectivity index (χ0n) is 12.3. The van der Waals surface area contributed by atoms with Crippen molar-refractivity contribution in [2.24, 2.45) is 0 Å². The second-order valence-corrected chi connectivity index (χ2v) is 4.94. The van der Waals surface area contributed by atoms with Crippen molar-refractivity contribution in [3.63, 3.8) is 0 Å². The molecule has 0 saturated carbocycles. The summed E-state index contributed by atoms with van der Waals surface area (Å²) in [6.45, 7) is 7.11. The van der Waals surface area contributed by atoms with Crippen LogP contribution in [0.4, 0.5) is 5.69 Å². The van der Waals surface area contributed by atoms with Crippen LogP contribution in [-0.4, -0.2) is 13.2 Å². The molecule has 0 amide bonds. The zero-order chi connectivity index (χ0) is 14.5. The van der Waals surface area contributed by atoms with Crippen LogP contribution < -0.4 is 15.2 Å². The largest absolute Gasteiger partial charge is 0.490 e. The number of ether oxygens (including phenoxy) is 2. The van der Waals surface area contributed by atoms with Gasteiger partial charge in [-0.15, -0.1) is 0 Å². The van der Waals surface area contributed by atoms with Crippen molar-refractivity contribution in [1.29, 1.82) is 0 Å². The molecule has 0 atom stereocenters. The Bertz CT molecular complexity index is 573. The predicted octanol–water partition coefficient (Wildman–Crippen LogP) is 3.65. The van der Waals surface area contributed by atoms with Gasteiger partial charge in [-0.3, -0.25) is 0 Å². The first-order valence-corrected chi connectivity index (χ1v) is 6.76. The van der Waals surface area contributed by atoms with Gasteiger partial charge in [0, 0.05) is 11.8 Å². The predicted molar refractivity (Wildman–Crippen MR) is 82.5 cm³/mol. The molecule has 0 radical (unpaired) electrons. The van der Waals surface area contributed by atoms with Gasteiger partial charge in [-0.2, -0.15) is 0 Å². The Morgan fingerprint density at radius 3 is 2.20 bits per heavy atom. The average Bonchev–Trinajstić information content (AvgIpc) is 2.41. The van der Waals surface area contributed by atoms with E-state index in [0.717, 1.165) is 28.2 Å². The minimum Gasteiger partial charge on any atom is -0.490 e. The lowest BCUT2D eigenvalue weighted by atomic mass is 10.1. The van der Waals surface area contributed by atoms with E-state index in [1.165, 1.54) is 0 Å². The summed E-state index contributed by atoms with van der Waals surface area (Å²) in [5.41, 5.74) is 9.82. The summed E-state index contributed by atoms with van der Waals surface area (Å²) in [6.07, 6.45) is 0. The Balaban J connectivity index is 1.89. The van der Waals surface area contributed by atoms with Gasteiger partial charge in [-0.1, -0.05) is 24.3 Å². The summed E-state index contributed by atoms with van der Waals surface area (Å²) >= 11 is 0. The number of hydrogen-bond acceptors (Lipinski definition) is 3. The molecule has 0 aromatic heterocycles. The van der Waals surface area contributed by atoms with Crippen LogP contribution in [0.5, 0.6) is 11.5 Å². The molecule has 3 heteroatoms. The van der Waals surface area contributed by atoms with Crippen LogP contribution >= 0.6 is 0 Å². The van der Waals surface area contributed by atoms with Gasteiger partial charge in [0.05, 0.1) is 0 Å². The highest BCUT2D eigenvalue weighted by molar-refractivity contribution is 5.48. The van der Waals surface area contributed by atoms with Crippen molar-refractivity contribution in [2.45, 2.75) is 20.8 Å². The fraction of sp³-hybridized carbons (Fsp3) is 0.294. The van der Waals surface area contributed by atoms with Gasteiger partial charge in [-0.05, 0) is 43.5 Å². The molecule has 0 unspecified atom stereocenters. The summed E-state index contributed by atoms with van der Waals surface area (Å²) in [6, 6.07) is 11.8. The number of nitrogen functional groups attached to an aromatic ring is 1. The van der Waals surface area contributed by atoms with E-state index in [2.05, 4.69) is 0 Å². The van der Waals surface area contributed by atoms with E-state index in [1.54, 1.807) is 0 Å². The third kappa shape index (κ3) is 3.44. The van der Waals surface area contributed by atoms with Crippen molar-refractivity contribution in [3.05, 3.63) is 53.1 Å². The van der Waals surface area contributed by atoms with E-state index in [9.17, 15) is 0 Å². The first kappa shape index (κ1) is 14.3. The molecule has 20 heavy (non-hydrogen) atoms. The standard InChI is InChI=1S/C17H21NO2/c1-12-7-8-15(18)11-16(12)19-9-10-20-17-13(2)5-4-6-14(17)3/h4-8,11H,9-10,18H2,1-3H3. The Labute approximate surface area is 120 Å². The summed E-state index contributed by atoms with van der Waals surface area (Å²) in [5, 5.41) is 0. The van der Waals surface area contributed by atoms with Crippen LogP contribution in [-0.2, 0) is 0 Å². The summed E-state index contributed by atoms with van der Waals surface area (Å²) in [5.74, 6) is 1.76. The number of benzene rings is 2. The smallest absolute Gasteiger partial charge is 0.125 e. The van der Waals surface area contributed by atoms with Gasteiger partial charge >= 0.3 is 0 Å². The van der Waals surface area contributed by atoms with E-state index in [4.69, 9.17) is 15.2 Å². The van der Waals surface area contributed by atoms with Gasteiger partial charge in [0.15, 0.2) is 0 Å². The molecule has 106 valence electrons. The van der Waals surface area contributed by atoms with E-state index in [-0.39, 0.29) is 0 Å². The number of anilines is 1. The van der Waals surface area contributed by atoms with Crippen LogP contribution in [0.25, 0.3) is 0 Å². The van der Waals surface area contributed by atoms with Crippen LogP contribution in [0.3, 0.4) is 0 Å². The van der Waals surface area contributed by atoms with Gasteiger partial charge in [0.2, 0.25) is 0 Å². The molecule has 2 aromatic carbocycles. The number of nitrogens with two attached hydrogens (primary N) is 1. The second kappa shape index (κ2) is 6.33. The lowest BCUT2D eigenvalue weighted by Crippen LogP contribution is -2.11. The van der Waals surface area contributed by atoms with Gasteiger partial charge < -0.3 is 15.2 Å². The summed E-state index contributed by atoms with van der Waals surface area (Å²) < 4.78 is 11.5. The maximum atomic E-state index is 5.80. The number of hydrogen-bond donors (Lipinski definition) is 1. The van der Waals surface area contributed by atoms with Crippen molar-refractivity contribution < 1.29 is 9.47 Å². The van der Waals surface area contributed by atoms with Gasteiger partial charge in [0.25, 0.3) is 0 Å². The number of aryl methyl sites for hydroxylation is 3. The maximum absolute atomic E-state index is 5.80. The fourth-order valence-electron chi connectivity index (χ4n) is 2.09. The zero-order valence-corrected chi connectivity index (χ0v) is 12.3. The van der Waals surface area contributed by atoms with Crippen molar-refractivity contribution in [3.8, 4) is 11.5 Å². The first-order valence-electron chi connectivity index (χ1n) is 6.76. The van der Waals surface area contributed by atoms with Crippen molar-refractivity contribution in [1.82, 2.24) is 0 Å². The third-order valence-corrected chi connectivity index (χ3v) is 3.21. The van der Waals surface area contributed by atoms with E-state index in [0.29, 0.717) is 18.9 Å². The highest BCUT2D eigenvalue weighted by Gasteiger charge is 2.04. The molecule has 0 bridgehead atoms.